The largest absolute Gasteiger partial charge is 0.382 e. The van der Waals surface area contributed by atoms with Gasteiger partial charge in [-0.25, -0.2) is 0 Å². The first-order valence-electron chi connectivity index (χ1n) is 4.56. The summed E-state index contributed by atoms with van der Waals surface area (Å²) in [6.45, 7) is 3.16. The van der Waals surface area contributed by atoms with Gasteiger partial charge in [0.2, 0.25) is 0 Å². The SMILES string of the molecule is CC1CCNc2c(Cl)cccc2N1. The predicted molar refractivity (Wildman–Crippen MR) is 57.6 cm³/mol. The average Bonchev–Trinajstić information content (AvgIpc) is 2.27. The molecule has 1 aromatic carbocycles. The molecule has 1 unspecified atom stereocenters. The number of anilines is 2. The third-order valence-corrected chi connectivity index (χ3v) is 2.61. The number of rotatable bonds is 0. The Morgan fingerprint density at radius 2 is 2.31 bits per heavy atom. The Morgan fingerprint density at radius 3 is 3.15 bits per heavy atom. The smallest absolute Gasteiger partial charge is 0.0765 e. The first-order chi connectivity index (χ1) is 6.27. The zero-order valence-corrected chi connectivity index (χ0v) is 8.36. The second kappa shape index (κ2) is 3.46. The molecule has 0 aromatic heterocycles. The minimum atomic E-state index is 0.507. The van der Waals surface area contributed by atoms with E-state index in [1.54, 1.807) is 0 Å². The molecule has 1 aliphatic rings. The third-order valence-electron chi connectivity index (χ3n) is 2.29. The Bertz CT molecular complexity index is 312. The summed E-state index contributed by atoms with van der Waals surface area (Å²) in [5, 5.41) is 7.54. The molecule has 0 aliphatic carbocycles. The number of para-hydroxylation sites is 1. The van der Waals surface area contributed by atoms with Crippen LogP contribution in [-0.2, 0) is 0 Å². The van der Waals surface area contributed by atoms with Crippen LogP contribution in [0.25, 0.3) is 0 Å². The van der Waals surface area contributed by atoms with E-state index in [1.807, 2.05) is 12.1 Å². The maximum atomic E-state index is 6.06. The van der Waals surface area contributed by atoms with Crippen molar-refractivity contribution in [3.8, 4) is 0 Å². The van der Waals surface area contributed by atoms with Crippen LogP contribution in [0.15, 0.2) is 18.2 Å². The summed E-state index contributed by atoms with van der Waals surface area (Å²) in [5.74, 6) is 0. The lowest BCUT2D eigenvalue weighted by atomic mass is 10.2. The first-order valence-corrected chi connectivity index (χ1v) is 4.94. The number of hydrogen-bond donors (Lipinski definition) is 2. The van der Waals surface area contributed by atoms with E-state index in [-0.39, 0.29) is 0 Å². The van der Waals surface area contributed by atoms with Crippen molar-refractivity contribution in [2.45, 2.75) is 19.4 Å². The zero-order valence-electron chi connectivity index (χ0n) is 7.60. The monoisotopic (exact) mass is 196 g/mol. The van der Waals surface area contributed by atoms with Gasteiger partial charge in [0.25, 0.3) is 0 Å². The van der Waals surface area contributed by atoms with Crippen molar-refractivity contribution in [3.63, 3.8) is 0 Å². The van der Waals surface area contributed by atoms with Gasteiger partial charge in [0, 0.05) is 12.6 Å². The molecule has 0 bridgehead atoms. The van der Waals surface area contributed by atoms with E-state index in [2.05, 4.69) is 23.6 Å². The van der Waals surface area contributed by atoms with Gasteiger partial charge in [0.1, 0.15) is 0 Å². The van der Waals surface area contributed by atoms with Crippen molar-refractivity contribution >= 4 is 23.0 Å². The summed E-state index contributed by atoms with van der Waals surface area (Å²) < 4.78 is 0. The number of hydrogen-bond acceptors (Lipinski definition) is 2. The van der Waals surface area contributed by atoms with Crippen LogP contribution in [0.2, 0.25) is 5.02 Å². The van der Waals surface area contributed by atoms with Crippen LogP contribution in [0.5, 0.6) is 0 Å². The molecule has 1 heterocycles. The molecular formula is C10H13ClN2. The molecule has 1 atom stereocenters. The summed E-state index contributed by atoms with van der Waals surface area (Å²) in [6.07, 6.45) is 1.12. The second-order valence-corrected chi connectivity index (χ2v) is 3.83. The first kappa shape index (κ1) is 8.70. The molecule has 1 aliphatic heterocycles. The van der Waals surface area contributed by atoms with Crippen molar-refractivity contribution in [3.05, 3.63) is 23.2 Å². The van der Waals surface area contributed by atoms with Crippen molar-refractivity contribution in [2.24, 2.45) is 0 Å². The summed E-state index contributed by atoms with van der Waals surface area (Å²) >= 11 is 6.06. The number of halogens is 1. The van der Waals surface area contributed by atoms with E-state index in [9.17, 15) is 0 Å². The minimum Gasteiger partial charge on any atom is -0.382 e. The third kappa shape index (κ3) is 1.73. The van der Waals surface area contributed by atoms with Crippen LogP contribution in [0.4, 0.5) is 11.4 Å². The van der Waals surface area contributed by atoms with Crippen molar-refractivity contribution in [1.82, 2.24) is 0 Å². The molecule has 0 fully saturated rings. The van der Waals surface area contributed by atoms with Gasteiger partial charge < -0.3 is 10.6 Å². The Balaban J connectivity index is 2.39. The van der Waals surface area contributed by atoms with Gasteiger partial charge in [-0.05, 0) is 25.5 Å². The quantitative estimate of drug-likeness (QED) is 0.667. The van der Waals surface area contributed by atoms with Crippen LogP contribution in [0.1, 0.15) is 13.3 Å². The Morgan fingerprint density at radius 1 is 1.46 bits per heavy atom. The highest BCUT2D eigenvalue weighted by atomic mass is 35.5. The standard InChI is InChI=1S/C10H13ClN2/c1-7-5-6-12-10-8(11)3-2-4-9(10)13-7/h2-4,7,12-13H,5-6H2,1H3. The maximum Gasteiger partial charge on any atom is 0.0765 e. The average molecular weight is 197 g/mol. The summed E-state index contributed by atoms with van der Waals surface area (Å²) in [4.78, 5) is 0. The molecular weight excluding hydrogens is 184 g/mol. The lowest BCUT2D eigenvalue weighted by Gasteiger charge is -2.12. The lowest BCUT2D eigenvalue weighted by molar-refractivity contribution is 0.745. The van der Waals surface area contributed by atoms with E-state index < -0.39 is 0 Å². The van der Waals surface area contributed by atoms with Crippen molar-refractivity contribution < 1.29 is 0 Å². The Kier molecular flexibility index (Phi) is 2.32. The summed E-state index contributed by atoms with van der Waals surface area (Å²) in [5.41, 5.74) is 2.14. The van der Waals surface area contributed by atoms with Crippen LogP contribution in [0, 0.1) is 0 Å². The van der Waals surface area contributed by atoms with Gasteiger partial charge in [-0.1, -0.05) is 17.7 Å². The van der Waals surface area contributed by atoms with E-state index in [0.717, 1.165) is 29.4 Å². The number of nitrogens with one attached hydrogen (secondary N) is 2. The molecule has 13 heavy (non-hydrogen) atoms. The topological polar surface area (TPSA) is 24.1 Å². The van der Waals surface area contributed by atoms with Crippen molar-refractivity contribution in [1.29, 1.82) is 0 Å². The van der Waals surface area contributed by atoms with E-state index in [4.69, 9.17) is 11.6 Å². The molecule has 2 nitrogen and oxygen atoms in total. The summed E-state index contributed by atoms with van der Waals surface area (Å²) in [7, 11) is 0. The van der Waals surface area contributed by atoms with E-state index in [0.29, 0.717) is 6.04 Å². The van der Waals surface area contributed by atoms with Gasteiger partial charge in [-0.3, -0.25) is 0 Å². The van der Waals surface area contributed by atoms with Gasteiger partial charge in [-0.15, -0.1) is 0 Å². The van der Waals surface area contributed by atoms with Crippen LogP contribution >= 0.6 is 11.6 Å². The van der Waals surface area contributed by atoms with Crippen LogP contribution < -0.4 is 10.6 Å². The maximum absolute atomic E-state index is 6.06. The molecule has 0 radical (unpaired) electrons. The van der Waals surface area contributed by atoms with E-state index in [1.165, 1.54) is 0 Å². The lowest BCUT2D eigenvalue weighted by Crippen LogP contribution is -2.14. The van der Waals surface area contributed by atoms with Crippen molar-refractivity contribution in [2.75, 3.05) is 17.2 Å². The molecule has 1 aromatic rings. The molecule has 70 valence electrons. The highest BCUT2D eigenvalue weighted by Gasteiger charge is 2.12. The molecule has 0 saturated heterocycles. The highest BCUT2D eigenvalue weighted by Crippen LogP contribution is 2.32. The Labute approximate surface area is 83.3 Å². The van der Waals surface area contributed by atoms with Crippen LogP contribution in [0.3, 0.4) is 0 Å². The molecule has 0 saturated carbocycles. The normalized spacial score (nSPS) is 20.9. The fourth-order valence-corrected chi connectivity index (χ4v) is 1.82. The zero-order chi connectivity index (χ0) is 9.26. The van der Waals surface area contributed by atoms with Gasteiger partial charge in [0.05, 0.1) is 16.4 Å². The second-order valence-electron chi connectivity index (χ2n) is 3.42. The molecule has 3 heteroatoms. The van der Waals surface area contributed by atoms with Gasteiger partial charge in [0.15, 0.2) is 0 Å². The molecule has 2 N–H and O–H groups in total. The molecule has 2 rings (SSSR count). The summed E-state index contributed by atoms with van der Waals surface area (Å²) in [6, 6.07) is 6.43. The van der Waals surface area contributed by atoms with Gasteiger partial charge >= 0.3 is 0 Å². The highest BCUT2D eigenvalue weighted by molar-refractivity contribution is 6.34. The molecule has 0 amide bonds. The van der Waals surface area contributed by atoms with Crippen LogP contribution in [-0.4, -0.2) is 12.6 Å². The number of benzene rings is 1. The fraction of sp³-hybridized carbons (Fsp3) is 0.400. The minimum absolute atomic E-state index is 0.507. The molecule has 0 spiro atoms. The number of fused-ring (bicyclic) bond motifs is 1. The van der Waals surface area contributed by atoms with Gasteiger partial charge in [-0.2, -0.15) is 0 Å². The Hall–Kier alpha value is -0.890. The van der Waals surface area contributed by atoms with E-state index >= 15 is 0 Å². The fourth-order valence-electron chi connectivity index (χ4n) is 1.58. The predicted octanol–water partition coefficient (Wildman–Crippen LogP) is 2.96.